The molecule has 1 aromatic rings. The van der Waals surface area contributed by atoms with Gasteiger partial charge in [-0.1, -0.05) is 20.8 Å². The third-order valence-corrected chi connectivity index (χ3v) is 5.55. The minimum absolute atomic E-state index is 0.130. The Morgan fingerprint density at radius 3 is 2.48 bits per heavy atom. The molecule has 8 heteroatoms. The summed E-state index contributed by atoms with van der Waals surface area (Å²) in [6.07, 6.45) is 4.89. The molecule has 1 aliphatic heterocycles. The molecule has 164 valence electrons. The SMILES string of the molecule is CCCNC(=O)CN1CCC(NC(=NC)NCc2c(CC)nn(C)c2CC)CC1. The number of piperidine rings is 1. The van der Waals surface area contributed by atoms with Crippen LogP contribution in [-0.4, -0.2) is 65.8 Å². The van der Waals surface area contributed by atoms with Crippen LogP contribution in [0.15, 0.2) is 4.99 Å². The molecular weight excluding hydrogens is 366 g/mol. The molecule has 8 nitrogen and oxygen atoms in total. The molecule has 1 fully saturated rings. The minimum Gasteiger partial charge on any atom is -0.355 e. The van der Waals surface area contributed by atoms with Gasteiger partial charge in [0.2, 0.25) is 5.91 Å². The summed E-state index contributed by atoms with van der Waals surface area (Å²) in [7, 11) is 3.83. The topological polar surface area (TPSA) is 86.6 Å². The van der Waals surface area contributed by atoms with Crippen molar-refractivity contribution in [3.63, 3.8) is 0 Å². The number of nitrogens with one attached hydrogen (secondary N) is 3. The van der Waals surface area contributed by atoms with Crippen LogP contribution in [0.4, 0.5) is 0 Å². The third-order valence-electron chi connectivity index (χ3n) is 5.55. The maximum Gasteiger partial charge on any atom is 0.234 e. The lowest BCUT2D eigenvalue weighted by Crippen LogP contribution is -2.50. The molecule has 29 heavy (non-hydrogen) atoms. The summed E-state index contributed by atoms with van der Waals surface area (Å²) in [4.78, 5) is 18.5. The van der Waals surface area contributed by atoms with E-state index in [1.165, 1.54) is 11.3 Å². The van der Waals surface area contributed by atoms with Gasteiger partial charge in [0.25, 0.3) is 0 Å². The van der Waals surface area contributed by atoms with E-state index in [1.54, 1.807) is 0 Å². The van der Waals surface area contributed by atoms with Gasteiger partial charge in [0.1, 0.15) is 0 Å². The molecule has 2 heterocycles. The molecule has 0 unspecified atom stereocenters. The number of carbonyl (C=O) groups excluding carboxylic acids is 1. The fourth-order valence-electron chi connectivity index (χ4n) is 3.91. The first-order valence-corrected chi connectivity index (χ1v) is 11.0. The van der Waals surface area contributed by atoms with Crippen LogP contribution in [0.25, 0.3) is 0 Å². The van der Waals surface area contributed by atoms with Crippen molar-refractivity contribution in [1.82, 2.24) is 30.6 Å². The fourth-order valence-corrected chi connectivity index (χ4v) is 3.91. The number of carbonyl (C=O) groups is 1. The number of aliphatic imine (C=N–C) groups is 1. The summed E-state index contributed by atoms with van der Waals surface area (Å²) in [5.74, 6) is 0.961. The number of amides is 1. The molecule has 0 aliphatic carbocycles. The zero-order valence-electron chi connectivity index (χ0n) is 18.8. The molecule has 1 amide bonds. The van der Waals surface area contributed by atoms with Gasteiger partial charge in [0.15, 0.2) is 5.96 Å². The number of hydrogen-bond acceptors (Lipinski definition) is 4. The zero-order chi connectivity index (χ0) is 21.2. The van der Waals surface area contributed by atoms with Crippen molar-refractivity contribution < 1.29 is 4.79 Å². The normalized spacial score (nSPS) is 16.1. The smallest absolute Gasteiger partial charge is 0.234 e. The highest BCUT2D eigenvalue weighted by Gasteiger charge is 2.22. The van der Waals surface area contributed by atoms with E-state index in [4.69, 9.17) is 0 Å². The van der Waals surface area contributed by atoms with Crippen LogP contribution < -0.4 is 16.0 Å². The van der Waals surface area contributed by atoms with E-state index in [0.717, 1.165) is 69.9 Å². The molecule has 0 atom stereocenters. The van der Waals surface area contributed by atoms with Crippen molar-refractivity contribution in [1.29, 1.82) is 0 Å². The van der Waals surface area contributed by atoms with E-state index in [9.17, 15) is 4.79 Å². The van der Waals surface area contributed by atoms with E-state index in [0.29, 0.717) is 12.6 Å². The van der Waals surface area contributed by atoms with Crippen LogP contribution >= 0.6 is 0 Å². The summed E-state index contributed by atoms with van der Waals surface area (Å²) >= 11 is 0. The van der Waals surface area contributed by atoms with E-state index in [-0.39, 0.29) is 5.91 Å². The molecule has 0 radical (unpaired) electrons. The molecule has 0 aromatic carbocycles. The monoisotopic (exact) mass is 405 g/mol. The maximum atomic E-state index is 11.9. The van der Waals surface area contributed by atoms with Gasteiger partial charge in [-0.15, -0.1) is 0 Å². The number of nitrogens with zero attached hydrogens (tertiary/aromatic N) is 4. The van der Waals surface area contributed by atoms with Gasteiger partial charge >= 0.3 is 0 Å². The van der Waals surface area contributed by atoms with Crippen LogP contribution in [-0.2, 0) is 31.2 Å². The Labute approximate surface area is 175 Å². The molecule has 1 saturated heterocycles. The van der Waals surface area contributed by atoms with E-state index >= 15 is 0 Å². The molecule has 2 rings (SSSR count). The number of rotatable bonds is 9. The minimum atomic E-state index is 0.130. The Morgan fingerprint density at radius 2 is 1.90 bits per heavy atom. The van der Waals surface area contributed by atoms with Crippen LogP contribution in [0.1, 0.15) is 57.0 Å². The van der Waals surface area contributed by atoms with E-state index in [1.807, 2.05) is 18.8 Å². The average Bonchev–Trinajstić information content (AvgIpc) is 3.05. The van der Waals surface area contributed by atoms with Crippen molar-refractivity contribution in [2.45, 2.75) is 65.5 Å². The first-order valence-electron chi connectivity index (χ1n) is 11.0. The number of aryl methyl sites for hydroxylation is 2. The Balaban J connectivity index is 1.81. The molecule has 1 aliphatic rings. The number of likely N-dealkylation sites (tertiary alicyclic amines) is 1. The second kappa shape index (κ2) is 11.8. The highest BCUT2D eigenvalue weighted by atomic mass is 16.2. The summed E-state index contributed by atoms with van der Waals surface area (Å²) < 4.78 is 2.00. The Kier molecular flexibility index (Phi) is 9.44. The number of guanidine groups is 1. The van der Waals surface area contributed by atoms with E-state index < -0.39 is 0 Å². The zero-order valence-corrected chi connectivity index (χ0v) is 18.8. The average molecular weight is 406 g/mol. The van der Waals surface area contributed by atoms with E-state index in [2.05, 4.69) is 51.7 Å². The van der Waals surface area contributed by atoms with Crippen molar-refractivity contribution in [2.24, 2.45) is 12.0 Å². The molecule has 0 saturated carbocycles. The first kappa shape index (κ1) is 23.2. The summed E-state index contributed by atoms with van der Waals surface area (Å²) in [5, 5.41) is 14.6. The lowest BCUT2D eigenvalue weighted by atomic mass is 10.1. The highest BCUT2D eigenvalue weighted by Crippen LogP contribution is 2.15. The Bertz CT molecular complexity index is 675. The van der Waals surface area contributed by atoms with Gasteiger partial charge in [-0.25, -0.2) is 0 Å². The Hall–Kier alpha value is -2.09. The van der Waals surface area contributed by atoms with Crippen molar-refractivity contribution >= 4 is 11.9 Å². The standard InChI is InChI=1S/C21H39N7O/c1-6-11-23-20(29)15-28-12-9-16(10-13-28)25-21(22-4)24-14-17-18(7-2)26-27(5)19(17)8-3/h16H,6-15H2,1-5H3,(H,23,29)(H2,22,24,25). The van der Waals surface area contributed by atoms with Gasteiger partial charge in [0, 0.05) is 57.6 Å². The molecule has 1 aromatic heterocycles. The summed E-state index contributed by atoms with van der Waals surface area (Å²) in [6, 6.07) is 0.376. The number of hydrogen-bond donors (Lipinski definition) is 3. The molecule has 0 spiro atoms. The molecular formula is C21H39N7O. The molecule has 0 bridgehead atoms. The lowest BCUT2D eigenvalue weighted by molar-refractivity contribution is -0.122. The van der Waals surface area contributed by atoms with Crippen molar-refractivity contribution in [3.05, 3.63) is 17.0 Å². The summed E-state index contributed by atoms with van der Waals surface area (Å²) in [6.45, 7) is 10.2. The van der Waals surface area contributed by atoms with Crippen LogP contribution in [0, 0.1) is 0 Å². The van der Waals surface area contributed by atoms with Crippen molar-refractivity contribution in [3.8, 4) is 0 Å². The maximum absolute atomic E-state index is 11.9. The van der Waals surface area contributed by atoms with Gasteiger partial charge in [-0.3, -0.25) is 19.4 Å². The number of aromatic nitrogens is 2. The van der Waals surface area contributed by atoms with Crippen LogP contribution in [0.2, 0.25) is 0 Å². The predicted octanol–water partition coefficient (Wildman–Crippen LogP) is 1.20. The van der Waals surface area contributed by atoms with Crippen LogP contribution in [0.3, 0.4) is 0 Å². The van der Waals surface area contributed by atoms with Crippen LogP contribution in [0.5, 0.6) is 0 Å². The second-order valence-electron chi connectivity index (χ2n) is 7.67. The van der Waals surface area contributed by atoms with Gasteiger partial charge in [-0.05, 0) is 32.1 Å². The van der Waals surface area contributed by atoms with Gasteiger partial charge in [-0.2, -0.15) is 5.10 Å². The quantitative estimate of drug-likeness (QED) is 0.425. The molecule has 3 N–H and O–H groups in total. The second-order valence-corrected chi connectivity index (χ2v) is 7.67. The summed E-state index contributed by atoms with van der Waals surface area (Å²) in [5.41, 5.74) is 3.72. The lowest BCUT2D eigenvalue weighted by Gasteiger charge is -2.32. The first-order chi connectivity index (χ1) is 14.0. The largest absolute Gasteiger partial charge is 0.355 e. The highest BCUT2D eigenvalue weighted by molar-refractivity contribution is 5.80. The fraction of sp³-hybridized carbons (Fsp3) is 0.762. The Morgan fingerprint density at radius 1 is 1.17 bits per heavy atom. The van der Waals surface area contributed by atoms with Gasteiger partial charge < -0.3 is 16.0 Å². The van der Waals surface area contributed by atoms with Crippen molar-refractivity contribution in [2.75, 3.05) is 33.2 Å². The third kappa shape index (κ3) is 6.73. The van der Waals surface area contributed by atoms with Gasteiger partial charge in [0.05, 0.1) is 12.2 Å². The predicted molar refractivity (Wildman–Crippen MR) is 118 cm³/mol.